The van der Waals surface area contributed by atoms with E-state index in [0.717, 1.165) is 37.1 Å². The highest BCUT2D eigenvalue weighted by Gasteiger charge is 2.38. The summed E-state index contributed by atoms with van der Waals surface area (Å²) in [6, 6.07) is 11.6. The Morgan fingerprint density at radius 3 is 2.34 bits per heavy atom. The van der Waals surface area contributed by atoms with E-state index in [1.165, 1.54) is 12.1 Å². The summed E-state index contributed by atoms with van der Waals surface area (Å²) < 4.78 is 13.5. The highest BCUT2D eigenvalue weighted by atomic mass is 35.5. The van der Waals surface area contributed by atoms with Crippen LogP contribution in [0.25, 0.3) is 0 Å². The van der Waals surface area contributed by atoms with Gasteiger partial charge in [0.1, 0.15) is 5.82 Å². The van der Waals surface area contributed by atoms with E-state index in [4.69, 9.17) is 23.2 Å². The molecule has 1 heterocycles. The summed E-state index contributed by atoms with van der Waals surface area (Å²) in [5.41, 5.74) is 1.49. The third-order valence-corrected chi connectivity index (χ3v) is 6.47. The van der Waals surface area contributed by atoms with Crippen LogP contribution >= 0.6 is 23.2 Å². The van der Waals surface area contributed by atoms with Gasteiger partial charge in [0.05, 0.1) is 6.04 Å². The average Bonchev–Trinajstić information content (AvgIpc) is 2.68. The van der Waals surface area contributed by atoms with E-state index >= 15 is 0 Å². The molecule has 0 spiro atoms. The summed E-state index contributed by atoms with van der Waals surface area (Å²) in [7, 11) is 0. The predicted molar refractivity (Wildman–Crippen MR) is 117 cm³/mol. The van der Waals surface area contributed by atoms with Gasteiger partial charge in [-0.1, -0.05) is 42.3 Å². The molecule has 0 aliphatic carbocycles. The number of carbonyl (C=O) groups is 1. The lowest BCUT2D eigenvalue weighted by Crippen LogP contribution is -2.43. The van der Waals surface area contributed by atoms with Gasteiger partial charge in [-0.25, -0.2) is 4.39 Å². The fraction of sp³-hybridized carbons (Fsp3) is 0.435. The van der Waals surface area contributed by atoms with Crippen molar-refractivity contribution in [3.63, 3.8) is 0 Å². The summed E-state index contributed by atoms with van der Waals surface area (Å²) in [4.78, 5) is 13.0. The fourth-order valence-corrected chi connectivity index (χ4v) is 4.85. The van der Waals surface area contributed by atoms with Gasteiger partial charge in [0, 0.05) is 21.9 Å². The number of halogens is 3. The molecule has 1 saturated heterocycles. The molecule has 1 fully saturated rings. The second kappa shape index (κ2) is 9.46. The zero-order valence-corrected chi connectivity index (χ0v) is 18.3. The van der Waals surface area contributed by atoms with Gasteiger partial charge < -0.3 is 10.6 Å². The van der Waals surface area contributed by atoms with Crippen LogP contribution in [0.1, 0.15) is 50.3 Å². The molecule has 0 radical (unpaired) electrons. The standard InChI is InChI=1S/C23H27Cl2FN2O/c1-15(16-11-19(24)13-20(25)12-16)28-22(29)14-23(2,18-7-9-27-10-8-18)17-3-5-21(26)6-4-17/h3-6,11-13,15,18,27H,7-10,14H2,1-2H3,(H,28,29). The SMILES string of the molecule is CC(NC(=O)CC(C)(c1ccc(F)cc1)C1CCNCC1)c1cc(Cl)cc(Cl)c1. The molecule has 0 bridgehead atoms. The first kappa shape index (κ1) is 22.1. The molecule has 2 unspecified atom stereocenters. The van der Waals surface area contributed by atoms with Crippen molar-refractivity contribution in [2.45, 2.75) is 44.6 Å². The Hall–Kier alpha value is -1.62. The Balaban J connectivity index is 1.79. The molecular formula is C23H27Cl2FN2O. The maximum Gasteiger partial charge on any atom is 0.221 e. The number of benzene rings is 2. The quantitative estimate of drug-likeness (QED) is 0.613. The van der Waals surface area contributed by atoms with Crippen molar-refractivity contribution in [3.05, 3.63) is 69.5 Å². The zero-order valence-electron chi connectivity index (χ0n) is 16.8. The number of piperidine rings is 1. The van der Waals surface area contributed by atoms with Gasteiger partial charge in [-0.05, 0) is 80.2 Å². The Morgan fingerprint density at radius 2 is 1.76 bits per heavy atom. The van der Waals surface area contributed by atoms with Crippen LogP contribution < -0.4 is 10.6 Å². The largest absolute Gasteiger partial charge is 0.350 e. The van der Waals surface area contributed by atoms with E-state index < -0.39 is 0 Å². The van der Waals surface area contributed by atoms with E-state index in [1.807, 2.05) is 31.2 Å². The molecule has 1 aliphatic heterocycles. The summed E-state index contributed by atoms with van der Waals surface area (Å²) >= 11 is 12.2. The number of nitrogens with one attached hydrogen (secondary N) is 2. The van der Waals surface area contributed by atoms with Crippen LogP contribution in [0.3, 0.4) is 0 Å². The van der Waals surface area contributed by atoms with Crippen LogP contribution in [0.2, 0.25) is 10.0 Å². The zero-order chi connectivity index (χ0) is 21.0. The molecule has 156 valence electrons. The topological polar surface area (TPSA) is 41.1 Å². The summed E-state index contributed by atoms with van der Waals surface area (Å²) in [6.45, 7) is 5.90. The molecule has 2 N–H and O–H groups in total. The van der Waals surface area contributed by atoms with Gasteiger partial charge >= 0.3 is 0 Å². The normalized spacial score (nSPS) is 18.1. The first-order valence-electron chi connectivity index (χ1n) is 10.00. The van der Waals surface area contributed by atoms with E-state index in [2.05, 4.69) is 17.6 Å². The molecule has 6 heteroatoms. The second-order valence-electron chi connectivity index (χ2n) is 8.12. The van der Waals surface area contributed by atoms with Crippen molar-refractivity contribution in [2.75, 3.05) is 13.1 Å². The monoisotopic (exact) mass is 436 g/mol. The van der Waals surface area contributed by atoms with Crippen molar-refractivity contribution < 1.29 is 9.18 Å². The van der Waals surface area contributed by atoms with Gasteiger partial charge in [-0.15, -0.1) is 0 Å². The number of hydrogen-bond acceptors (Lipinski definition) is 2. The lowest BCUT2D eigenvalue weighted by atomic mass is 9.66. The molecule has 3 nitrogen and oxygen atoms in total. The Kier molecular flexibility index (Phi) is 7.20. The molecule has 2 aromatic carbocycles. The first-order valence-corrected chi connectivity index (χ1v) is 10.8. The van der Waals surface area contributed by atoms with E-state index in [1.54, 1.807) is 6.07 Å². The maximum atomic E-state index is 13.5. The Morgan fingerprint density at radius 1 is 1.17 bits per heavy atom. The number of carbonyl (C=O) groups excluding carboxylic acids is 1. The molecule has 3 rings (SSSR count). The van der Waals surface area contributed by atoms with Gasteiger partial charge in [0.25, 0.3) is 0 Å². The van der Waals surface area contributed by atoms with Gasteiger partial charge in [0.15, 0.2) is 0 Å². The predicted octanol–water partition coefficient (Wildman–Crippen LogP) is 5.66. The Bertz CT molecular complexity index is 832. The summed E-state index contributed by atoms with van der Waals surface area (Å²) in [6.07, 6.45) is 2.31. The molecule has 2 aromatic rings. The lowest BCUT2D eigenvalue weighted by molar-refractivity contribution is -0.123. The highest BCUT2D eigenvalue weighted by Crippen LogP contribution is 2.40. The molecule has 1 amide bonds. The summed E-state index contributed by atoms with van der Waals surface area (Å²) in [5.74, 6) is 0.0344. The maximum absolute atomic E-state index is 13.5. The van der Waals surface area contributed by atoms with Crippen LogP contribution in [0.15, 0.2) is 42.5 Å². The number of rotatable bonds is 6. The molecule has 0 aromatic heterocycles. The van der Waals surface area contributed by atoms with E-state index in [0.29, 0.717) is 22.4 Å². The molecule has 29 heavy (non-hydrogen) atoms. The minimum Gasteiger partial charge on any atom is -0.350 e. The molecule has 0 saturated carbocycles. The van der Waals surface area contributed by atoms with Gasteiger partial charge in [-0.3, -0.25) is 4.79 Å². The van der Waals surface area contributed by atoms with Crippen molar-refractivity contribution >= 4 is 29.1 Å². The third-order valence-electron chi connectivity index (χ3n) is 6.03. The lowest BCUT2D eigenvalue weighted by Gasteiger charge is -2.40. The highest BCUT2D eigenvalue weighted by molar-refractivity contribution is 6.34. The molecule has 1 aliphatic rings. The van der Waals surface area contributed by atoms with Crippen LogP contribution in [0.5, 0.6) is 0 Å². The Labute approximate surface area is 182 Å². The van der Waals surface area contributed by atoms with Gasteiger partial charge in [-0.2, -0.15) is 0 Å². The van der Waals surface area contributed by atoms with E-state index in [9.17, 15) is 9.18 Å². The third kappa shape index (κ3) is 5.50. The number of hydrogen-bond donors (Lipinski definition) is 2. The first-order chi connectivity index (χ1) is 13.8. The summed E-state index contributed by atoms with van der Waals surface area (Å²) in [5, 5.41) is 7.54. The second-order valence-corrected chi connectivity index (χ2v) is 8.99. The van der Waals surface area contributed by atoms with Crippen LogP contribution in [-0.2, 0) is 10.2 Å². The smallest absolute Gasteiger partial charge is 0.221 e. The van der Waals surface area contributed by atoms with E-state index in [-0.39, 0.29) is 23.2 Å². The van der Waals surface area contributed by atoms with Crippen molar-refractivity contribution in [1.29, 1.82) is 0 Å². The fourth-order valence-electron chi connectivity index (χ4n) is 4.31. The average molecular weight is 437 g/mol. The van der Waals surface area contributed by atoms with Gasteiger partial charge in [0.2, 0.25) is 5.91 Å². The molecular weight excluding hydrogens is 410 g/mol. The van der Waals surface area contributed by atoms with Crippen LogP contribution in [0, 0.1) is 11.7 Å². The van der Waals surface area contributed by atoms with Crippen molar-refractivity contribution in [1.82, 2.24) is 10.6 Å². The van der Waals surface area contributed by atoms with Crippen LogP contribution in [0.4, 0.5) is 4.39 Å². The van der Waals surface area contributed by atoms with Crippen LogP contribution in [-0.4, -0.2) is 19.0 Å². The minimum atomic E-state index is -0.369. The minimum absolute atomic E-state index is 0.0426. The van der Waals surface area contributed by atoms with Crippen molar-refractivity contribution in [2.24, 2.45) is 5.92 Å². The number of amides is 1. The van der Waals surface area contributed by atoms with Crippen molar-refractivity contribution in [3.8, 4) is 0 Å². The molecule has 2 atom stereocenters.